The Labute approximate surface area is 123 Å². The zero-order chi connectivity index (χ0) is 16.0. The molecule has 7 heteroatoms. The van der Waals surface area contributed by atoms with Gasteiger partial charge in [0.25, 0.3) is 5.91 Å². The molecule has 116 valence electrons. The highest BCUT2D eigenvalue weighted by Gasteiger charge is 2.28. The Morgan fingerprint density at radius 2 is 2.10 bits per heavy atom. The average molecular weight is 295 g/mol. The Bertz CT molecular complexity index is 529. The molecule has 2 N–H and O–H groups in total. The maximum absolute atomic E-state index is 12.3. The molecule has 1 amide bonds. The number of para-hydroxylation sites is 1. The largest absolute Gasteiger partial charge is 0.382 e. The number of nitro groups is 1. The van der Waals surface area contributed by atoms with Crippen LogP contribution in [0.5, 0.6) is 0 Å². The van der Waals surface area contributed by atoms with Gasteiger partial charge in [-0.05, 0) is 32.9 Å². The number of amides is 1. The molecular weight excluding hydrogens is 274 g/mol. The summed E-state index contributed by atoms with van der Waals surface area (Å²) in [7, 11) is 1.53. The quantitative estimate of drug-likeness (QED) is 0.594. The molecule has 0 saturated heterocycles. The molecule has 0 atom stereocenters. The van der Waals surface area contributed by atoms with Crippen LogP contribution in [0.15, 0.2) is 18.2 Å². The van der Waals surface area contributed by atoms with E-state index in [-0.39, 0.29) is 11.3 Å². The Morgan fingerprint density at radius 3 is 2.62 bits per heavy atom. The van der Waals surface area contributed by atoms with E-state index in [0.29, 0.717) is 18.8 Å². The summed E-state index contributed by atoms with van der Waals surface area (Å²) < 4.78 is 5.02. The van der Waals surface area contributed by atoms with Crippen LogP contribution in [0.2, 0.25) is 0 Å². The Hall–Kier alpha value is -2.15. The van der Waals surface area contributed by atoms with Crippen molar-refractivity contribution >= 4 is 17.3 Å². The molecule has 7 nitrogen and oxygen atoms in total. The van der Waals surface area contributed by atoms with Crippen molar-refractivity contribution in [3.8, 4) is 0 Å². The van der Waals surface area contributed by atoms with Crippen LogP contribution in [0.1, 0.15) is 31.1 Å². The summed E-state index contributed by atoms with van der Waals surface area (Å²) in [6, 6.07) is 4.64. The lowest BCUT2D eigenvalue weighted by atomic mass is 10.0. The molecule has 1 rings (SSSR count). The molecule has 1 aromatic rings. The van der Waals surface area contributed by atoms with Gasteiger partial charge in [-0.25, -0.2) is 0 Å². The highest BCUT2D eigenvalue weighted by Crippen LogP contribution is 2.28. The van der Waals surface area contributed by atoms with Crippen LogP contribution in [0.4, 0.5) is 11.4 Å². The number of nitrogens with one attached hydrogen (secondary N) is 2. The van der Waals surface area contributed by atoms with Crippen molar-refractivity contribution < 1.29 is 14.5 Å². The predicted octanol–water partition coefficient (Wildman–Crippen LogP) is 2.18. The van der Waals surface area contributed by atoms with Crippen LogP contribution in [-0.2, 0) is 4.74 Å². The summed E-state index contributed by atoms with van der Waals surface area (Å²) in [5.41, 5.74) is -0.471. The second-order valence-electron chi connectivity index (χ2n) is 5.26. The minimum Gasteiger partial charge on any atom is -0.382 e. The standard InChI is InChI=1S/C14H21N3O4/c1-5-15-11-8-6-7-10(12(11)17(19)20)13(18)16-14(2,3)9-21-4/h6-8,15H,5,9H2,1-4H3,(H,16,18). The SMILES string of the molecule is CCNc1cccc(C(=O)NC(C)(C)COC)c1[N+](=O)[O-]. The summed E-state index contributed by atoms with van der Waals surface area (Å²) >= 11 is 0. The zero-order valence-electron chi connectivity index (χ0n) is 12.7. The second kappa shape index (κ2) is 7.03. The fraction of sp³-hybridized carbons (Fsp3) is 0.500. The number of ether oxygens (including phenoxy) is 1. The first-order valence-corrected chi connectivity index (χ1v) is 6.65. The first-order chi connectivity index (χ1) is 9.82. The third kappa shape index (κ3) is 4.42. The number of nitrogens with zero attached hydrogens (tertiary/aromatic N) is 1. The van der Waals surface area contributed by atoms with E-state index >= 15 is 0 Å². The van der Waals surface area contributed by atoms with Crippen molar-refractivity contribution in [3.05, 3.63) is 33.9 Å². The normalized spacial score (nSPS) is 11.0. The molecule has 21 heavy (non-hydrogen) atoms. The molecule has 0 saturated carbocycles. The molecule has 0 aromatic heterocycles. The Kier molecular flexibility index (Phi) is 5.66. The van der Waals surface area contributed by atoms with Crippen LogP contribution in [-0.4, -0.2) is 36.6 Å². The molecule has 0 spiro atoms. The van der Waals surface area contributed by atoms with Crippen LogP contribution in [0.3, 0.4) is 0 Å². The van der Waals surface area contributed by atoms with Gasteiger partial charge < -0.3 is 15.4 Å². The number of carbonyl (C=O) groups excluding carboxylic acids is 1. The van der Waals surface area contributed by atoms with Crippen molar-refractivity contribution in [3.63, 3.8) is 0 Å². The van der Waals surface area contributed by atoms with Crippen LogP contribution < -0.4 is 10.6 Å². The van der Waals surface area contributed by atoms with Gasteiger partial charge in [-0.3, -0.25) is 14.9 Å². The highest BCUT2D eigenvalue weighted by molar-refractivity contribution is 6.00. The number of hydrogen-bond donors (Lipinski definition) is 2. The van der Waals surface area contributed by atoms with Gasteiger partial charge in [-0.2, -0.15) is 0 Å². The lowest BCUT2D eigenvalue weighted by Crippen LogP contribution is -2.46. The molecule has 0 heterocycles. The van der Waals surface area contributed by atoms with Crippen molar-refractivity contribution in [1.82, 2.24) is 5.32 Å². The minimum absolute atomic E-state index is 0.0302. The van der Waals surface area contributed by atoms with Gasteiger partial charge in [0.1, 0.15) is 11.3 Å². The van der Waals surface area contributed by atoms with Crippen molar-refractivity contribution in [1.29, 1.82) is 0 Å². The monoisotopic (exact) mass is 295 g/mol. The molecule has 1 aromatic carbocycles. The van der Waals surface area contributed by atoms with Crippen LogP contribution in [0, 0.1) is 10.1 Å². The minimum atomic E-state index is -0.617. The number of nitro benzene ring substituents is 1. The molecule has 0 unspecified atom stereocenters. The Balaban J connectivity index is 3.15. The van der Waals surface area contributed by atoms with Gasteiger partial charge in [0.05, 0.1) is 17.1 Å². The van der Waals surface area contributed by atoms with Crippen molar-refractivity contribution in [2.24, 2.45) is 0 Å². The topological polar surface area (TPSA) is 93.5 Å². The smallest absolute Gasteiger partial charge is 0.305 e. The summed E-state index contributed by atoms with van der Waals surface area (Å²) in [6.07, 6.45) is 0. The molecule has 0 fully saturated rings. The van der Waals surface area contributed by atoms with E-state index in [1.807, 2.05) is 6.92 Å². The number of methoxy groups -OCH3 is 1. The highest BCUT2D eigenvalue weighted by atomic mass is 16.6. The first-order valence-electron chi connectivity index (χ1n) is 6.65. The van der Waals surface area contributed by atoms with Crippen LogP contribution in [0.25, 0.3) is 0 Å². The van der Waals surface area contributed by atoms with Gasteiger partial charge in [0.15, 0.2) is 0 Å². The molecule has 0 aliphatic heterocycles. The predicted molar refractivity (Wildman–Crippen MR) is 80.7 cm³/mol. The maximum Gasteiger partial charge on any atom is 0.305 e. The first kappa shape index (κ1) is 16.9. The zero-order valence-corrected chi connectivity index (χ0v) is 12.7. The molecule has 0 bridgehead atoms. The van der Waals surface area contributed by atoms with E-state index in [9.17, 15) is 14.9 Å². The fourth-order valence-corrected chi connectivity index (χ4v) is 2.03. The molecule has 0 radical (unpaired) electrons. The van der Waals surface area contributed by atoms with Gasteiger partial charge in [0, 0.05) is 13.7 Å². The lowest BCUT2D eigenvalue weighted by Gasteiger charge is -2.25. The average Bonchev–Trinajstić information content (AvgIpc) is 2.37. The van der Waals surface area contributed by atoms with Gasteiger partial charge in [-0.1, -0.05) is 6.07 Å². The van der Waals surface area contributed by atoms with Gasteiger partial charge >= 0.3 is 5.69 Å². The van der Waals surface area contributed by atoms with Crippen LogP contribution >= 0.6 is 0 Å². The molecular formula is C14H21N3O4. The van der Waals surface area contributed by atoms with E-state index in [2.05, 4.69) is 10.6 Å². The lowest BCUT2D eigenvalue weighted by molar-refractivity contribution is -0.384. The van der Waals surface area contributed by atoms with Gasteiger partial charge in [0.2, 0.25) is 0 Å². The van der Waals surface area contributed by atoms with E-state index in [1.54, 1.807) is 26.0 Å². The van der Waals surface area contributed by atoms with E-state index in [1.165, 1.54) is 13.2 Å². The summed E-state index contributed by atoms with van der Waals surface area (Å²) in [5, 5.41) is 16.9. The second-order valence-corrected chi connectivity index (χ2v) is 5.26. The van der Waals surface area contributed by atoms with E-state index in [4.69, 9.17) is 4.74 Å². The molecule has 0 aliphatic rings. The van der Waals surface area contributed by atoms with Gasteiger partial charge in [-0.15, -0.1) is 0 Å². The summed E-state index contributed by atoms with van der Waals surface area (Å²) in [6.45, 7) is 6.24. The summed E-state index contributed by atoms with van der Waals surface area (Å²) in [4.78, 5) is 23.0. The van der Waals surface area contributed by atoms with E-state index in [0.717, 1.165) is 0 Å². The van der Waals surface area contributed by atoms with E-state index < -0.39 is 16.4 Å². The maximum atomic E-state index is 12.3. The summed E-state index contributed by atoms with van der Waals surface area (Å²) in [5.74, 6) is -0.497. The molecule has 0 aliphatic carbocycles. The third-order valence-corrected chi connectivity index (χ3v) is 2.79. The number of rotatable bonds is 7. The number of benzene rings is 1. The fourth-order valence-electron chi connectivity index (χ4n) is 2.03. The Morgan fingerprint density at radius 1 is 1.43 bits per heavy atom. The number of anilines is 1. The number of carbonyl (C=O) groups is 1. The van der Waals surface area contributed by atoms with Crippen molar-refractivity contribution in [2.75, 3.05) is 25.6 Å². The number of hydrogen-bond acceptors (Lipinski definition) is 5. The van der Waals surface area contributed by atoms with Crippen molar-refractivity contribution in [2.45, 2.75) is 26.3 Å². The third-order valence-electron chi connectivity index (χ3n) is 2.79.